The van der Waals surface area contributed by atoms with Crippen molar-refractivity contribution in [2.24, 2.45) is 0 Å². The van der Waals surface area contributed by atoms with Crippen LogP contribution in [0.4, 0.5) is 0 Å². The van der Waals surface area contributed by atoms with Gasteiger partial charge in [-0.3, -0.25) is 9.59 Å². The maximum atomic E-state index is 13.4. The molecule has 4 rings (SSSR count). The molecule has 2 amide bonds. The van der Waals surface area contributed by atoms with E-state index >= 15 is 0 Å². The predicted molar refractivity (Wildman–Crippen MR) is 128 cm³/mol. The largest absolute Gasteiger partial charge is 0.340 e. The fourth-order valence-electron chi connectivity index (χ4n) is 3.79. The number of sulfonamides is 1. The minimum absolute atomic E-state index is 0.212. The molecule has 1 aliphatic rings. The molecule has 0 spiro atoms. The van der Waals surface area contributed by atoms with E-state index in [-0.39, 0.29) is 38.0 Å². The van der Waals surface area contributed by atoms with Crippen molar-refractivity contribution in [2.75, 3.05) is 26.2 Å². The highest BCUT2D eigenvalue weighted by Crippen LogP contribution is 2.22. The average Bonchev–Trinajstić information content (AvgIpc) is 3.40. The zero-order valence-corrected chi connectivity index (χ0v) is 19.6. The van der Waals surface area contributed by atoms with Gasteiger partial charge in [0.2, 0.25) is 5.91 Å². The summed E-state index contributed by atoms with van der Waals surface area (Å²) in [6.45, 7) is 0.985. The molecule has 0 saturated carbocycles. The highest BCUT2D eigenvalue weighted by atomic mass is 32.2. The lowest BCUT2D eigenvalue weighted by Crippen LogP contribution is -2.56. The number of hydrogen-bond acceptors (Lipinski definition) is 5. The Balaban J connectivity index is 1.46. The molecule has 0 radical (unpaired) electrons. The number of carbonyl (C=O) groups is 2. The van der Waals surface area contributed by atoms with Gasteiger partial charge in [-0.15, -0.1) is 11.3 Å². The van der Waals surface area contributed by atoms with Crippen LogP contribution in [0.1, 0.15) is 15.9 Å². The summed E-state index contributed by atoms with van der Waals surface area (Å²) in [5, 5.41) is 4.61. The van der Waals surface area contributed by atoms with Crippen LogP contribution in [-0.4, -0.2) is 61.7 Å². The van der Waals surface area contributed by atoms with Gasteiger partial charge in [-0.2, -0.15) is 4.31 Å². The van der Waals surface area contributed by atoms with Crippen molar-refractivity contribution < 1.29 is 18.0 Å². The third kappa shape index (κ3) is 5.50. The molecule has 1 aromatic heterocycles. The predicted octanol–water partition coefficient (Wildman–Crippen LogP) is 2.62. The molecule has 7 nitrogen and oxygen atoms in total. The summed E-state index contributed by atoms with van der Waals surface area (Å²) in [5.41, 5.74) is 1.42. The summed E-state index contributed by atoms with van der Waals surface area (Å²) < 4.78 is 27.3. The van der Waals surface area contributed by atoms with Crippen LogP contribution in [0.3, 0.4) is 0 Å². The van der Waals surface area contributed by atoms with E-state index < -0.39 is 16.1 Å². The van der Waals surface area contributed by atoms with Crippen LogP contribution < -0.4 is 5.32 Å². The first-order chi connectivity index (χ1) is 15.9. The smallest absolute Gasteiger partial charge is 0.252 e. The van der Waals surface area contributed by atoms with Gasteiger partial charge in [-0.25, -0.2) is 8.42 Å². The van der Waals surface area contributed by atoms with Gasteiger partial charge in [-0.05, 0) is 29.1 Å². The van der Waals surface area contributed by atoms with Gasteiger partial charge in [0.05, 0.1) is 0 Å². The molecule has 0 aliphatic carbocycles. The zero-order valence-electron chi connectivity index (χ0n) is 18.0. The van der Waals surface area contributed by atoms with Gasteiger partial charge in [0.1, 0.15) is 10.3 Å². The van der Waals surface area contributed by atoms with Crippen molar-refractivity contribution >= 4 is 33.2 Å². The summed E-state index contributed by atoms with van der Waals surface area (Å²) in [4.78, 5) is 27.8. The number of benzene rings is 2. The van der Waals surface area contributed by atoms with Crippen molar-refractivity contribution in [3.8, 4) is 0 Å². The van der Waals surface area contributed by atoms with Crippen molar-refractivity contribution in [3.05, 3.63) is 89.3 Å². The highest BCUT2D eigenvalue weighted by Gasteiger charge is 2.33. The number of nitrogens with zero attached hydrogens (tertiary/aromatic N) is 2. The molecular weight excluding hydrogens is 458 g/mol. The van der Waals surface area contributed by atoms with Gasteiger partial charge < -0.3 is 10.2 Å². The first kappa shape index (κ1) is 23.2. The third-order valence-electron chi connectivity index (χ3n) is 5.56. The molecule has 2 heterocycles. The number of piperazine rings is 1. The molecule has 1 N–H and O–H groups in total. The molecule has 1 atom stereocenters. The lowest BCUT2D eigenvalue weighted by Gasteiger charge is -2.35. The van der Waals surface area contributed by atoms with Crippen LogP contribution in [0.5, 0.6) is 0 Å². The first-order valence-electron chi connectivity index (χ1n) is 10.7. The van der Waals surface area contributed by atoms with Gasteiger partial charge in [-0.1, -0.05) is 54.6 Å². The third-order valence-corrected chi connectivity index (χ3v) is 8.83. The molecule has 2 aromatic carbocycles. The maximum absolute atomic E-state index is 13.4. The van der Waals surface area contributed by atoms with E-state index in [1.165, 1.54) is 15.6 Å². The molecule has 3 aromatic rings. The molecule has 172 valence electrons. The van der Waals surface area contributed by atoms with Crippen molar-refractivity contribution in [3.63, 3.8) is 0 Å². The first-order valence-corrected chi connectivity index (χ1v) is 13.0. The molecule has 1 fully saturated rings. The Morgan fingerprint density at radius 3 is 2.12 bits per heavy atom. The van der Waals surface area contributed by atoms with Crippen LogP contribution >= 0.6 is 11.3 Å². The molecule has 1 aliphatic heterocycles. The lowest BCUT2D eigenvalue weighted by molar-refractivity contribution is -0.134. The van der Waals surface area contributed by atoms with Crippen LogP contribution in [0.2, 0.25) is 0 Å². The van der Waals surface area contributed by atoms with Gasteiger partial charge in [0.15, 0.2) is 0 Å². The van der Waals surface area contributed by atoms with E-state index in [1.807, 2.05) is 36.4 Å². The Labute approximate surface area is 197 Å². The number of carbonyl (C=O) groups excluding carboxylic acids is 2. The summed E-state index contributed by atoms with van der Waals surface area (Å²) in [5.74, 6) is -0.528. The Morgan fingerprint density at radius 2 is 1.52 bits per heavy atom. The van der Waals surface area contributed by atoms with Gasteiger partial charge in [0, 0.05) is 38.2 Å². The summed E-state index contributed by atoms with van der Waals surface area (Å²) in [6.07, 6.45) is 0.353. The molecule has 0 bridgehead atoms. The number of hydrogen-bond donors (Lipinski definition) is 1. The second-order valence-electron chi connectivity index (χ2n) is 7.74. The summed E-state index contributed by atoms with van der Waals surface area (Å²) in [7, 11) is -3.55. The van der Waals surface area contributed by atoms with Crippen molar-refractivity contribution in [1.82, 2.24) is 14.5 Å². The Kier molecular flexibility index (Phi) is 7.22. The molecule has 0 unspecified atom stereocenters. The fraction of sp³-hybridized carbons (Fsp3) is 0.250. The minimum Gasteiger partial charge on any atom is -0.340 e. The molecule has 33 heavy (non-hydrogen) atoms. The second kappa shape index (κ2) is 10.3. The van der Waals surface area contributed by atoms with Crippen LogP contribution in [0.15, 0.2) is 82.4 Å². The van der Waals surface area contributed by atoms with Crippen LogP contribution in [0.25, 0.3) is 0 Å². The maximum Gasteiger partial charge on any atom is 0.252 e. The molecule has 9 heteroatoms. The van der Waals surface area contributed by atoms with Gasteiger partial charge >= 0.3 is 0 Å². The van der Waals surface area contributed by atoms with Crippen molar-refractivity contribution in [1.29, 1.82) is 0 Å². The average molecular weight is 484 g/mol. The molecular formula is C24H25N3O4S2. The number of nitrogens with one attached hydrogen (secondary N) is 1. The fourth-order valence-corrected chi connectivity index (χ4v) is 6.35. The van der Waals surface area contributed by atoms with Gasteiger partial charge in [0.25, 0.3) is 15.9 Å². The minimum atomic E-state index is -3.55. The monoisotopic (exact) mass is 483 g/mol. The summed E-state index contributed by atoms with van der Waals surface area (Å²) >= 11 is 1.18. The van der Waals surface area contributed by atoms with E-state index in [0.717, 1.165) is 5.56 Å². The van der Waals surface area contributed by atoms with Crippen LogP contribution in [-0.2, 0) is 21.2 Å². The second-order valence-corrected chi connectivity index (χ2v) is 10.9. The number of amides is 2. The molecule has 1 saturated heterocycles. The standard InChI is InChI=1S/C24H25N3O4S2/c28-23(20-10-5-2-6-11-20)25-21(18-19-8-3-1-4-9-19)24(29)26-13-15-27(16-14-26)33(30,31)22-12-7-17-32-22/h1-12,17,21H,13-16,18H2,(H,25,28)/t21-/m1/s1. The Hall–Kier alpha value is -3.01. The Bertz CT molecular complexity index is 1170. The van der Waals surface area contributed by atoms with Crippen LogP contribution in [0, 0.1) is 0 Å². The quantitative estimate of drug-likeness (QED) is 0.560. The van der Waals surface area contributed by atoms with E-state index in [0.29, 0.717) is 16.2 Å². The number of rotatable bonds is 7. The highest BCUT2D eigenvalue weighted by molar-refractivity contribution is 7.91. The summed E-state index contributed by atoms with van der Waals surface area (Å²) in [6, 6.07) is 20.8. The van der Waals surface area contributed by atoms with E-state index in [1.54, 1.807) is 46.7 Å². The SMILES string of the molecule is O=C(N[C@H](Cc1ccccc1)C(=O)N1CCN(S(=O)(=O)c2cccs2)CC1)c1ccccc1. The topological polar surface area (TPSA) is 86.8 Å². The van der Waals surface area contributed by atoms with E-state index in [2.05, 4.69) is 5.32 Å². The normalized spacial score (nSPS) is 15.7. The Morgan fingerprint density at radius 1 is 0.879 bits per heavy atom. The lowest BCUT2D eigenvalue weighted by atomic mass is 10.0. The van der Waals surface area contributed by atoms with Crippen molar-refractivity contribution in [2.45, 2.75) is 16.7 Å². The number of thiophene rings is 1. The zero-order chi connectivity index (χ0) is 23.3. The van der Waals surface area contributed by atoms with E-state index in [4.69, 9.17) is 0 Å². The van der Waals surface area contributed by atoms with E-state index in [9.17, 15) is 18.0 Å².